The van der Waals surface area contributed by atoms with Gasteiger partial charge in [-0.3, -0.25) is 4.89 Å². The number of unbranched alkanes of at least 4 members (excludes halogenated alkanes) is 1. The fraction of sp³-hybridized carbons (Fsp3) is 0.500. The highest BCUT2D eigenvalue weighted by molar-refractivity contribution is 5.89. The predicted molar refractivity (Wildman–Crippen MR) is 70.1 cm³/mol. The lowest BCUT2D eigenvalue weighted by Crippen LogP contribution is -2.10. The van der Waals surface area contributed by atoms with Gasteiger partial charge in [0.05, 0.1) is 19.3 Å². The van der Waals surface area contributed by atoms with E-state index in [4.69, 9.17) is 14.4 Å². The minimum absolute atomic E-state index is 0.222. The minimum atomic E-state index is -0.549. The van der Waals surface area contributed by atoms with Gasteiger partial charge in [-0.25, -0.2) is 4.79 Å². The highest BCUT2D eigenvalue weighted by Gasteiger charge is 2.09. The third-order valence-electron chi connectivity index (χ3n) is 2.39. The molecule has 1 rings (SSSR count). The Morgan fingerprint density at radius 1 is 1.21 bits per heavy atom. The molecule has 0 bridgehead atoms. The Balaban J connectivity index is 2.20. The van der Waals surface area contributed by atoms with Crippen LogP contribution < -0.4 is 4.74 Å². The van der Waals surface area contributed by atoms with Crippen LogP contribution in [0.15, 0.2) is 24.3 Å². The average molecular weight is 268 g/mol. The van der Waals surface area contributed by atoms with E-state index in [0.717, 1.165) is 12.8 Å². The van der Waals surface area contributed by atoms with Crippen LogP contribution in [0.1, 0.15) is 30.1 Å². The van der Waals surface area contributed by atoms with Crippen molar-refractivity contribution >= 4 is 5.97 Å². The molecule has 19 heavy (non-hydrogen) atoms. The number of rotatable bonds is 9. The SMILES string of the molecule is CCCCOCCOOC(=O)c1cccc(OC)c1. The lowest BCUT2D eigenvalue weighted by atomic mass is 10.2. The van der Waals surface area contributed by atoms with Crippen LogP contribution in [0.5, 0.6) is 5.75 Å². The Morgan fingerprint density at radius 2 is 2.05 bits per heavy atom. The predicted octanol–water partition coefficient (Wildman–Crippen LogP) is 2.60. The topological polar surface area (TPSA) is 54.0 Å². The van der Waals surface area contributed by atoms with Gasteiger partial charge in [-0.15, -0.1) is 0 Å². The molecule has 0 unspecified atom stereocenters. The van der Waals surface area contributed by atoms with Crippen molar-refractivity contribution in [2.45, 2.75) is 19.8 Å². The summed E-state index contributed by atoms with van der Waals surface area (Å²) in [5.74, 6) is 0.0461. The molecule has 0 saturated heterocycles. The molecule has 0 heterocycles. The fourth-order valence-electron chi connectivity index (χ4n) is 1.33. The van der Waals surface area contributed by atoms with E-state index in [1.165, 1.54) is 7.11 Å². The Morgan fingerprint density at radius 3 is 2.79 bits per heavy atom. The normalized spacial score (nSPS) is 10.2. The third kappa shape index (κ3) is 6.22. The van der Waals surface area contributed by atoms with Crippen molar-refractivity contribution in [1.82, 2.24) is 0 Å². The van der Waals surface area contributed by atoms with E-state index in [9.17, 15) is 4.79 Å². The van der Waals surface area contributed by atoms with Gasteiger partial charge in [0.15, 0.2) is 0 Å². The maximum absolute atomic E-state index is 11.6. The van der Waals surface area contributed by atoms with Crippen molar-refractivity contribution in [2.24, 2.45) is 0 Å². The molecule has 0 amide bonds. The van der Waals surface area contributed by atoms with Crippen LogP contribution in [0, 0.1) is 0 Å². The molecule has 1 aromatic carbocycles. The second-order valence-electron chi connectivity index (χ2n) is 3.89. The van der Waals surface area contributed by atoms with Gasteiger partial charge >= 0.3 is 5.97 Å². The van der Waals surface area contributed by atoms with E-state index in [1.54, 1.807) is 24.3 Å². The summed E-state index contributed by atoms with van der Waals surface area (Å²) in [4.78, 5) is 21.1. The van der Waals surface area contributed by atoms with Crippen LogP contribution >= 0.6 is 0 Å². The number of carbonyl (C=O) groups is 1. The molecule has 0 atom stereocenters. The van der Waals surface area contributed by atoms with Gasteiger partial charge in [0.1, 0.15) is 12.4 Å². The van der Waals surface area contributed by atoms with Crippen LogP contribution in [0.25, 0.3) is 0 Å². The fourth-order valence-corrected chi connectivity index (χ4v) is 1.33. The van der Waals surface area contributed by atoms with Crippen LogP contribution in [0.3, 0.4) is 0 Å². The summed E-state index contributed by atoms with van der Waals surface area (Å²) >= 11 is 0. The molecule has 106 valence electrons. The lowest BCUT2D eigenvalue weighted by molar-refractivity contribution is -0.247. The van der Waals surface area contributed by atoms with Crippen molar-refractivity contribution in [3.05, 3.63) is 29.8 Å². The van der Waals surface area contributed by atoms with Crippen molar-refractivity contribution in [1.29, 1.82) is 0 Å². The van der Waals surface area contributed by atoms with E-state index in [1.807, 2.05) is 0 Å². The molecular weight excluding hydrogens is 248 g/mol. The number of hydrogen-bond donors (Lipinski definition) is 0. The summed E-state index contributed by atoms with van der Waals surface area (Å²) in [6.45, 7) is 3.42. The lowest BCUT2D eigenvalue weighted by Gasteiger charge is -2.05. The zero-order valence-electron chi connectivity index (χ0n) is 11.4. The molecule has 0 aliphatic rings. The first-order chi connectivity index (χ1) is 9.27. The molecule has 0 saturated carbocycles. The Hall–Kier alpha value is -1.59. The molecule has 5 nitrogen and oxygen atoms in total. The molecule has 0 fully saturated rings. The monoisotopic (exact) mass is 268 g/mol. The van der Waals surface area contributed by atoms with Crippen molar-refractivity contribution in [3.8, 4) is 5.75 Å². The summed E-state index contributed by atoms with van der Waals surface area (Å²) in [6.07, 6.45) is 2.11. The number of methoxy groups -OCH3 is 1. The van der Waals surface area contributed by atoms with Crippen LogP contribution in [0.4, 0.5) is 0 Å². The molecule has 0 N–H and O–H groups in total. The second-order valence-corrected chi connectivity index (χ2v) is 3.89. The van der Waals surface area contributed by atoms with Crippen molar-refractivity contribution < 1.29 is 24.0 Å². The maximum atomic E-state index is 11.6. The van der Waals surface area contributed by atoms with E-state index in [-0.39, 0.29) is 6.61 Å². The van der Waals surface area contributed by atoms with Crippen molar-refractivity contribution in [2.75, 3.05) is 26.9 Å². The molecule has 0 aliphatic heterocycles. The van der Waals surface area contributed by atoms with E-state index in [2.05, 4.69) is 11.8 Å². The van der Waals surface area contributed by atoms with E-state index >= 15 is 0 Å². The molecular formula is C14H20O5. The molecule has 1 aromatic rings. The summed E-state index contributed by atoms with van der Waals surface area (Å²) < 4.78 is 10.3. The summed E-state index contributed by atoms with van der Waals surface area (Å²) in [7, 11) is 1.54. The maximum Gasteiger partial charge on any atom is 0.373 e. The van der Waals surface area contributed by atoms with Gasteiger partial charge in [0, 0.05) is 6.61 Å². The van der Waals surface area contributed by atoms with Crippen LogP contribution in [-0.2, 0) is 14.5 Å². The highest BCUT2D eigenvalue weighted by atomic mass is 17.2. The van der Waals surface area contributed by atoms with Crippen LogP contribution in [0.2, 0.25) is 0 Å². The summed E-state index contributed by atoms with van der Waals surface area (Å²) in [5, 5.41) is 0. The highest BCUT2D eigenvalue weighted by Crippen LogP contribution is 2.13. The molecule has 0 aliphatic carbocycles. The number of ether oxygens (including phenoxy) is 2. The zero-order valence-corrected chi connectivity index (χ0v) is 11.4. The minimum Gasteiger partial charge on any atom is -0.497 e. The number of benzene rings is 1. The Labute approximate surface area is 113 Å². The molecule has 0 spiro atoms. The van der Waals surface area contributed by atoms with E-state index < -0.39 is 5.97 Å². The second kappa shape index (κ2) is 9.35. The zero-order chi connectivity index (χ0) is 13.9. The molecule has 0 radical (unpaired) electrons. The molecule has 5 heteroatoms. The first-order valence-electron chi connectivity index (χ1n) is 6.33. The van der Waals surface area contributed by atoms with Gasteiger partial charge in [-0.05, 0) is 24.6 Å². The van der Waals surface area contributed by atoms with E-state index in [0.29, 0.717) is 24.5 Å². The summed E-state index contributed by atoms with van der Waals surface area (Å²) in [6, 6.07) is 6.68. The quantitative estimate of drug-likeness (QED) is 0.391. The Kier molecular flexibility index (Phi) is 7.62. The largest absolute Gasteiger partial charge is 0.497 e. The summed E-state index contributed by atoms with van der Waals surface area (Å²) in [5.41, 5.74) is 0.381. The third-order valence-corrected chi connectivity index (χ3v) is 2.39. The van der Waals surface area contributed by atoms with Gasteiger partial charge in [-0.1, -0.05) is 19.4 Å². The number of carbonyl (C=O) groups excluding carboxylic acids is 1. The Bertz CT molecular complexity index is 378. The standard InChI is InChI=1S/C14H20O5/c1-3-4-8-17-9-10-18-19-14(15)12-6-5-7-13(11-12)16-2/h5-7,11H,3-4,8-10H2,1-2H3. The van der Waals surface area contributed by atoms with Gasteiger partial charge in [0.25, 0.3) is 0 Å². The number of hydrogen-bond acceptors (Lipinski definition) is 5. The smallest absolute Gasteiger partial charge is 0.373 e. The van der Waals surface area contributed by atoms with Gasteiger partial charge in [0.2, 0.25) is 0 Å². The van der Waals surface area contributed by atoms with Gasteiger partial charge < -0.3 is 9.47 Å². The first-order valence-corrected chi connectivity index (χ1v) is 6.33. The van der Waals surface area contributed by atoms with Crippen molar-refractivity contribution in [3.63, 3.8) is 0 Å². The van der Waals surface area contributed by atoms with Crippen LogP contribution in [-0.4, -0.2) is 32.9 Å². The average Bonchev–Trinajstić information content (AvgIpc) is 2.46. The first kappa shape index (κ1) is 15.5. The van der Waals surface area contributed by atoms with Gasteiger partial charge in [-0.2, -0.15) is 4.89 Å². The molecule has 0 aromatic heterocycles.